The highest BCUT2D eigenvalue weighted by Gasteiger charge is 2.63. The molecule has 33 atom stereocenters. The number of unbranched alkanes of at least 4 members (excludes halogenated alkanes) is 27. The number of hydrogen-bond donors (Lipinski definition) is 23. The van der Waals surface area contributed by atoms with Gasteiger partial charge in [0.05, 0.1) is 70.5 Å². The Hall–Kier alpha value is -4.11. The summed E-state index contributed by atoms with van der Waals surface area (Å²) < 4.78 is 72.3. The maximum absolute atomic E-state index is 13.8. The van der Waals surface area contributed by atoms with Crippen LogP contribution in [0.15, 0.2) is 12.2 Å². The van der Waals surface area contributed by atoms with E-state index in [1.54, 1.807) is 6.08 Å². The molecule has 23 N–H and O–H groups in total. The molecule has 0 saturated carbocycles. The number of carbonyl (C=O) groups is 5. The minimum atomic E-state index is -3.41. The Labute approximate surface area is 719 Å². The summed E-state index contributed by atoms with van der Waals surface area (Å²) in [5, 5.41) is 224. The van der Waals surface area contributed by atoms with Crippen LogP contribution in [0.1, 0.15) is 234 Å². The van der Waals surface area contributed by atoms with Gasteiger partial charge in [0.2, 0.25) is 23.6 Å². The van der Waals surface area contributed by atoms with Gasteiger partial charge in [0.15, 0.2) is 31.5 Å². The van der Waals surface area contributed by atoms with Gasteiger partial charge in [-0.25, -0.2) is 4.79 Å². The van der Waals surface area contributed by atoms with Crippen LogP contribution in [0.3, 0.4) is 0 Å². The fourth-order valence-electron chi connectivity index (χ4n) is 16.6. The van der Waals surface area contributed by atoms with Gasteiger partial charge >= 0.3 is 5.97 Å². The van der Waals surface area contributed by atoms with Crippen LogP contribution in [0.5, 0.6) is 0 Å². The van der Waals surface area contributed by atoms with Crippen molar-refractivity contribution in [2.45, 2.75) is 435 Å². The van der Waals surface area contributed by atoms with E-state index in [1.807, 2.05) is 6.08 Å². The minimum Gasteiger partial charge on any atom is -0.477 e. The van der Waals surface area contributed by atoms with Gasteiger partial charge in [-0.05, 0) is 19.3 Å². The summed E-state index contributed by atoms with van der Waals surface area (Å²) in [7, 11) is 0. The number of carboxylic acid groups (broad SMARTS) is 1. The Morgan fingerprint density at radius 2 is 0.813 bits per heavy atom. The van der Waals surface area contributed by atoms with Crippen LogP contribution in [0.4, 0.5) is 0 Å². The zero-order valence-electron chi connectivity index (χ0n) is 71.9. The average molecular weight is 1780 g/mol. The van der Waals surface area contributed by atoms with Crippen LogP contribution in [0.2, 0.25) is 0 Å². The van der Waals surface area contributed by atoms with Gasteiger partial charge in [-0.2, -0.15) is 0 Å². The normalized spacial score (nSPS) is 35.4. The lowest BCUT2D eigenvalue weighted by atomic mass is 9.88. The van der Waals surface area contributed by atoms with Gasteiger partial charge in [0.25, 0.3) is 5.79 Å². The summed E-state index contributed by atoms with van der Waals surface area (Å²) in [5.41, 5.74) is 0. The lowest BCUT2D eigenvalue weighted by Gasteiger charge is -2.53. The molecular formula is C83H148N4O36. The topological polar surface area (TPSA) is 629 Å². The summed E-state index contributed by atoms with van der Waals surface area (Å²) in [6.07, 6.45) is -22.5. The number of ether oxygens (including phenoxy) is 12. The molecule has 123 heavy (non-hydrogen) atoms. The van der Waals surface area contributed by atoms with E-state index in [2.05, 4.69) is 35.1 Å². The molecule has 0 radical (unpaired) electrons. The van der Waals surface area contributed by atoms with Crippen LogP contribution in [-0.2, 0) is 80.8 Å². The van der Waals surface area contributed by atoms with Gasteiger partial charge < -0.3 is 175 Å². The van der Waals surface area contributed by atoms with Crippen molar-refractivity contribution in [1.29, 1.82) is 0 Å². The molecule has 0 aromatic heterocycles. The summed E-state index contributed by atoms with van der Waals surface area (Å²) >= 11 is 0. The van der Waals surface area contributed by atoms with E-state index >= 15 is 0 Å². The minimum absolute atomic E-state index is 0.157. The molecular weight excluding hydrogens is 1630 g/mol. The maximum Gasteiger partial charge on any atom is 0.364 e. The Morgan fingerprint density at radius 3 is 1.28 bits per heavy atom. The Bertz CT molecular complexity index is 3000. The highest BCUT2D eigenvalue weighted by atomic mass is 16.8. The second-order valence-electron chi connectivity index (χ2n) is 33.5. The number of allylic oxidation sites excluding steroid dienone is 1. The van der Waals surface area contributed by atoms with Crippen molar-refractivity contribution in [2.24, 2.45) is 0 Å². The van der Waals surface area contributed by atoms with Crippen LogP contribution < -0.4 is 21.3 Å². The van der Waals surface area contributed by atoms with Gasteiger partial charge in [0, 0.05) is 33.6 Å². The third-order valence-electron chi connectivity index (χ3n) is 23.6. The standard InChI is InChI=1S/C83H148N4O36/c1-6-8-10-12-14-16-18-20-21-22-23-25-27-29-31-33-35-37-58(100)87-49(50(97)36-34-32-30-28-26-24-19-17-15-13-11-9-7-2)45-112-79-68(107)66(105)72(55(42-91)115-79)119-80-69(108)67(106)71(56(43-92)116-80)118-78-61(86-48(5)96)74(64(103)54(41-90)114-78)121-81-70(109)76(73(57(44-93)117-81)120-77-60(85-47(4)95)65(104)63(102)53(40-89)113-77)123-83(82(110)111)38-51(98)59(84-46(3)94)75(122-83)62(101)52(99)39-88/h34,36,49-57,59-81,88-93,97-99,101-109H,6-33,35,37-45H2,1-5H3,(H,84,94)(H,85,95)(H,86,96)(H,87,100)(H,110,111)/b36-34+/t49-,50+,51?,52+,53?,54?,55?,56?,57?,59+,60?,61?,62+,63-,64-,65+,66+,67+,68?,69?,70?,71-,72+,73-,74+,75?,76+,77-,78-,79+,80-,81-,83-/m0/s1. The Balaban J connectivity index is 1.17. The average Bonchev–Trinajstić information content (AvgIpc) is 0.745. The monoisotopic (exact) mass is 1780 g/mol. The molecule has 40 nitrogen and oxygen atoms in total. The fourth-order valence-corrected chi connectivity index (χ4v) is 16.6. The van der Waals surface area contributed by atoms with Crippen LogP contribution in [-0.4, -0.2) is 375 Å². The zero-order valence-corrected chi connectivity index (χ0v) is 71.9. The molecule has 4 amide bonds. The fraction of sp³-hybridized carbons (Fsp3) is 0.916. The molecule has 0 spiro atoms. The maximum atomic E-state index is 13.8. The molecule has 6 aliphatic rings. The number of aliphatic hydroxyl groups excluding tert-OH is 18. The first-order chi connectivity index (χ1) is 58.9. The summed E-state index contributed by atoms with van der Waals surface area (Å²) in [6, 6.07) is -6.69. The number of nitrogens with one attached hydrogen (secondary N) is 4. The van der Waals surface area contributed by atoms with Gasteiger partial charge in [-0.1, -0.05) is 193 Å². The van der Waals surface area contributed by atoms with Crippen molar-refractivity contribution in [3.63, 3.8) is 0 Å². The predicted molar refractivity (Wildman–Crippen MR) is 432 cm³/mol. The Kier molecular flexibility index (Phi) is 49.4. The highest BCUT2D eigenvalue weighted by Crippen LogP contribution is 2.42. The molecule has 0 aromatic rings. The number of aliphatic carboxylic acids is 1. The molecule has 716 valence electrons. The quantitative estimate of drug-likeness (QED) is 0.0225. The highest BCUT2D eigenvalue weighted by molar-refractivity contribution is 5.77. The smallest absolute Gasteiger partial charge is 0.364 e. The van der Waals surface area contributed by atoms with Crippen molar-refractivity contribution in [3.05, 3.63) is 12.2 Å². The van der Waals surface area contributed by atoms with Crippen LogP contribution in [0, 0.1) is 0 Å². The molecule has 0 aromatic carbocycles. The molecule has 0 bridgehead atoms. The zero-order chi connectivity index (χ0) is 90.5. The Morgan fingerprint density at radius 1 is 0.423 bits per heavy atom. The summed E-state index contributed by atoms with van der Waals surface area (Å²) in [5.74, 6) is -8.69. The molecule has 6 saturated heterocycles. The van der Waals surface area contributed by atoms with E-state index in [4.69, 9.17) is 56.8 Å². The third kappa shape index (κ3) is 32.7. The number of amides is 4. The number of rotatable bonds is 58. The summed E-state index contributed by atoms with van der Waals surface area (Å²) in [6.45, 7) is 0.0807. The molecule has 40 heteroatoms. The second kappa shape index (κ2) is 56.5. The largest absolute Gasteiger partial charge is 0.477 e. The van der Waals surface area contributed by atoms with E-state index in [9.17, 15) is 121 Å². The lowest BCUT2D eigenvalue weighted by molar-refractivity contribution is -0.400. The van der Waals surface area contributed by atoms with Crippen molar-refractivity contribution in [3.8, 4) is 0 Å². The molecule has 6 rings (SSSR count). The molecule has 12 unspecified atom stereocenters. The first-order valence-electron chi connectivity index (χ1n) is 44.6. The van der Waals surface area contributed by atoms with Crippen molar-refractivity contribution >= 4 is 29.6 Å². The molecule has 6 heterocycles. The van der Waals surface area contributed by atoms with Gasteiger partial charge in [-0.15, -0.1) is 0 Å². The number of carbonyl (C=O) groups excluding carboxylic acids is 4. The van der Waals surface area contributed by atoms with E-state index in [-0.39, 0.29) is 12.3 Å². The second-order valence-corrected chi connectivity index (χ2v) is 33.5. The first-order valence-corrected chi connectivity index (χ1v) is 44.6. The van der Waals surface area contributed by atoms with Gasteiger partial charge in [0.1, 0.15) is 140 Å². The van der Waals surface area contributed by atoms with Crippen molar-refractivity contribution in [2.75, 3.05) is 46.2 Å². The van der Waals surface area contributed by atoms with E-state index in [1.165, 1.54) is 122 Å². The number of aliphatic hydroxyl groups is 18. The predicted octanol–water partition coefficient (Wildman–Crippen LogP) is -2.29. The molecule has 6 aliphatic heterocycles. The van der Waals surface area contributed by atoms with E-state index in [0.29, 0.717) is 12.8 Å². The third-order valence-corrected chi connectivity index (χ3v) is 23.6. The van der Waals surface area contributed by atoms with Crippen LogP contribution in [0.25, 0.3) is 0 Å². The molecule has 6 fully saturated rings. The molecule has 0 aliphatic carbocycles. The van der Waals surface area contributed by atoms with Crippen LogP contribution >= 0.6 is 0 Å². The number of carboxylic acids is 1. The van der Waals surface area contributed by atoms with E-state index < -0.39 is 278 Å². The first kappa shape index (κ1) is 108. The number of hydrogen-bond acceptors (Lipinski definition) is 35. The SMILES string of the molecule is CCCCCCCCCCCCC/C=C/[C@@H](O)[C@H](CO[C@@H]1OC(CO)[C@@H](O[C@@H]2OC(CO)[C@H](O[C@@H]3OC(CO)[C@H](O)[C@H](O[C@@H]4OC(CO)[C@H](O[C@@H]5OC(CO)[C@H](O)[C@H](O)C5NC(C)=O)[C@H](O[C@]5(C(=O)O)CC(O)[C@@H](NC(C)=O)C([C@H](O)[C@H](O)CO)O5)C4O)C3NC(C)=O)[C@H](O)C2O)[C@H](O)C1O)NC(=O)CCCCCCCCCCCCCCCCCCC. The lowest BCUT2D eigenvalue weighted by Crippen LogP contribution is -2.72. The van der Waals surface area contributed by atoms with Gasteiger partial charge in [-0.3, -0.25) is 19.2 Å². The van der Waals surface area contributed by atoms with Crippen molar-refractivity contribution < 1.29 is 178 Å². The van der Waals surface area contributed by atoms with Crippen molar-refractivity contribution in [1.82, 2.24) is 21.3 Å². The van der Waals surface area contributed by atoms with E-state index in [0.717, 1.165) is 72.1 Å². The summed E-state index contributed by atoms with van der Waals surface area (Å²) in [4.78, 5) is 65.7.